The van der Waals surface area contributed by atoms with Gasteiger partial charge in [0.25, 0.3) is 0 Å². The molecule has 2 aliphatic carbocycles. The van der Waals surface area contributed by atoms with Gasteiger partial charge < -0.3 is 18.3 Å². The summed E-state index contributed by atoms with van der Waals surface area (Å²) in [5.41, 5.74) is 36.3. The SMILES string of the molecule is c1ccc(-n2c3ccccc3c3cc(-c4ccc5c6ccc7ccccc7c6n(-c6cccc7c(-c8ccc9c%10c(cccc8%10)-c8ccc(-c%10cccc%11c%10c%10ccc(-c%12ccc%13c(c%12)c%12ccc%14ccccc%14c%12n%13-c%12ccccc%12)cc%10n%11-c%10cccc%11c(-c%12ccc%13c%14c(cccc%12%14)-c%12ccccc%12-%13)cccc%10%11)cc8-9)cccc67)c5c4)ccc32)cc1. The highest BCUT2D eigenvalue weighted by molar-refractivity contribution is 6.27. The van der Waals surface area contributed by atoms with Gasteiger partial charge in [0.2, 0.25) is 0 Å². The normalized spacial score (nSPS) is 12.4. The van der Waals surface area contributed by atoms with Crippen molar-refractivity contribution in [1.29, 1.82) is 0 Å². The number of nitrogens with zero attached hydrogens (tertiary/aromatic N) is 4. The number of para-hydroxylation sites is 3. The Kier molecular flexibility index (Phi) is 13.9. The lowest BCUT2D eigenvalue weighted by atomic mass is 9.91. The molecule has 0 radical (unpaired) electrons. The first-order valence-corrected chi connectivity index (χ1v) is 43.1. The van der Waals surface area contributed by atoms with Crippen LogP contribution >= 0.6 is 0 Å². The molecule has 4 aromatic heterocycles. The predicted octanol–water partition coefficient (Wildman–Crippen LogP) is 32.6. The van der Waals surface area contributed by atoms with Crippen LogP contribution in [0.1, 0.15) is 0 Å². The van der Waals surface area contributed by atoms with E-state index in [1.165, 1.54) is 235 Å². The van der Waals surface area contributed by atoms with Crippen molar-refractivity contribution in [3.63, 3.8) is 0 Å². The van der Waals surface area contributed by atoms with E-state index in [9.17, 15) is 0 Å². The second kappa shape index (κ2) is 25.6. The van der Waals surface area contributed by atoms with Crippen LogP contribution in [0, 0.1) is 0 Å². The Balaban J connectivity index is 0.598. The lowest BCUT2D eigenvalue weighted by Gasteiger charge is -2.16. The lowest BCUT2D eigenvalue weighted by molar-refractivity contribution is 1.18. The summed E-state index contributed by atoms with van der Waals surface area (Å²) in [5.74, 6) is 0. The second-order valence-electron chi connectivity index (χ2n) is 34.0. The third-order valence-electron chi connectivity index (χ3n) is 27.8. The maximum Gasteiger partial charge on any atom is 0.0619 e. The summed E-state index contributed by atoms with van der Waals surface area (Å²) in [7, 11) is 0. The number of benzene rings is 22. The van der Waals surface area contributed by atoms with Crippen LogP contribution in [0.2, 0.25) is 0 Å². The van der Waals surface area contributed by atoms with Crippen molar-refractivity contribution < 1.29 is 0 Å². The van der Waals surface area contributed by atoms with E-state index < -0.39 is 0 Å². The van der Waals surface area contributed by atoms with E-state index in [0.717, 1.165) is 39.3 Å². The molecule has 26 aromatic rings. The van der Waals surface area contributed by atoms with Gasteiger partial charge in [0.1, 0.15) is 0 Å². The zero-order valence-corrected chi connectivity index (χ0v) is 67.2. The van der Waals surface area contributed by atoms with Crippen molar-refractivity contribution in [3.05, 3.63) is 425 Å². The molecule has 0 spiro atoms. The third kappa shape index (κ3) is 9.40. The van der Waals surface area contributed by atoms with Crippen LogP contribution in [0.15, 0.2) is 425 Å². The van der Waals surface area contributed by atoms with Crippen LogP contribution in [-0.2, 0) is 0 Å². The second-order valence-corrected chi connectivity index (χ2v) is 34.0. The molecule has 28 rings (SSSR count). The van der Waals surface area contributed by atoms with Gasteiger partial charge in [-0.1, -0.05) is 334 Å². The Bertz CT molecular complexity index is 9210. The molecule has 2 aliphatic rings. The van der Waals surface area contributed by atoms with Crippen molar-refractivity contribution >= 4 is 152 Å². The first-order valence-electron chi connectivity index (χ1n) is 43.1. The topological polar surface area (TPSA) is 19.7 Å². The van der Waals surface area contributed by atoms with Gasteiger partial charge in [-0.15, -0.1) is 0 Å². The van der Waals surface area contributed by atoms with E-state index in [0.29, 0.717) is 0 Å². The average molecular weight is 1570 g/mol. The fourth-order valence-electron chi connectivity index (χ4n) is 22.5. The molecular formula is C120H70N4. The van der Waals surface area contributed by atoms with Gasteiger partial charge in [0.05, 0.1) is 55.5 Å². The first-order chi connectivity index (χ1) is 61.5. The minimum Gasteiger partial charge on any atom is -0.309 e. The zero-order chi connectivity index (χ0) is 80.7. The van der Waals surface area contributed by atoms with Crippen molar-refractivity contribution in [2.24, 2.45) is 0 Å². The Hall–Kier alpha value is -16.4. The van der Waals surface area contributed by atoms with Crippen LogP contribution in [0.3, 0.4) is 0 Å². The maximum absolute atomic E-state index is 2.58. The Labute approximate surface area is 712 Å². The summed E-state index contributed by atoms with van der Waals surface area (Å²) < 4.78 is 10.0. The predicted molar refractivity (Wildman–Crippen MR) is 525 cm³/mol. The van der Waals surface area contributed by atoms with Gasteiger partial charge in [0, 0.05) is 76.0 Å². The molecule has 124 heavy (non-hydrogen) atoms. The molecule has 4 nitrogen and oxygen atoms in total. The van der Waals surface area contributed by atoms with E-state index in [1.807, 2.05) is 0 Å². The highest BCUT2D eigenvalue weighted by Gasteiger charge is 2.30. The summed E-state index contributed by atoms with van der Waals surface area (Å²) >= 11 is 0. The Morgan fingerprint density at radius 1 is 0.129 bits per heavy atom. The molecule has 0 fully saturated rings. The fourth-order valence-corrected chi connectivity index (χ4v) is 22.5. The molecular weight excluding hydrogens is 1500 g/mol. The molecule has 0 saturated heterocycles. The highest BCUT2D eigenvalue weighted by atomic mass is 15.0. The van der Waals surface area contributed by atoms with E-state index >= 15 is 0 Å². The van der Waals surface area contributed by atoms with Gasteiger partial charge in [-0.05, 0) is 234 Å². The number of hydrogen-bond donors (Lipinski definition) is 0. The summed E-state index contributed by atoms with van der Waals surface area (Å²) in [5, 5.41) is 24.7. The van der Waals surface area contributed by atoms with Crippen LogP contribution in [-0.4, -0.2) is 18.3 Å². The van der Waals surface area contributed by atoms with Gasteiger partial charge >= 0.3 is 0 Å². The largest absolute Gasteiger partial charge is 0.309 e. The Morgan fingerprint density at radius 3 is 1.13 bits per heavy atom. The van der Waals surface area contributed by atoms with Crippen LogP contribution in [0.4, 0.5) is 0 Å². The zero-order valence-electron chi connectivity index (χ0n) is 67.2. The minimum atomic E-state index is 1.14. The molecule has 570 valence electrons. The molecule has 0 N–H and O–H groups in total. The van der Waals surface area contributed by atoms with Crippen molar-refractivity contribution in [2.75, 3.05) is 0 Å². The Morgan fingerprint density at radius 2 is 0.492 bits per heavy atom. The third-order valence-corrected chi connectivity index (χ3v) is 27.8. The molecule has 0 amide bonds. The summed E-state index contributed by atoms with van der Waals surface area (Å²) in [6, 6.07) is 160. The van der Waals surface area contributed by atoms with Gasteiger partial charge in [-0.3, -0.25) is 0 Å². The molecule has 0 bridgehead atoms. The molecule has 0 saturated carbocycles. The van der Waals surface area contributed by atoms with E-state index in [4.69, 9.17) is 0 Å². The molecule has 0 aliphatic heterocycles. The van der Waals surface area contributed by atoms with E-state index in [1.54, 1.807) is 0 Å². The van der Waals surface area contributed by atoms with E-state index in [-0.39, 0.29) is 0 Å². The van der Waals surface area contributed by atoms with Crippen LogP contribution < -0.4 is 0 Å². The van der Waals surface area contributed by atoms with Gasteiger partial charge in [0.15, 0.2) is 0 Å². The van der Waals surface area contributed by atoms with Crippen LogP contribution in [0.25, 0.3) is 275 Å². The summed E-state index contributed by atoms with van der Waals surface area (Å²) in [4.78, 5) is 0. The number of aromatic nitrogens is 4. The quantitative estimate of drug-likeness (QED) is 0.137. The van der Waals surface area contributed by atoms with E-state index in [2.05, 4.69) is 443 Å². The minimum absolute atomic E-state index is 1.14. The summed E-state index contributed by atoms with van der Waals surface area (Å²) in [6.45, 7) is 0. The van der Waals surface area contributed by atoms with Gasteiger partial charge in [-0.25, -0.2) is 0 Å². The number of hydrogen-bond acceptors (Lipinski definition) is 0. The molecule has 4 heterocycles. The van der Waals surface area contributed by atoms with Crippen molar-refractivity contribution in [2.45, 2.75) is 0 Å². The fraction of sp³-hybridized carbons (Fsp3) is 0. The average Bonchev–Trinajstić information content (AvgIpc) is 1.53. The first kappa shape index (κ1) is 67.5. The molecule has 0 unspecified atom stereocenters. The standard InChI is InChI=1S/C120H70N4/c1-3-24-78(25-4-1)121-108-44-14-13-32-94(108)106-66-73(53-64-111(106)121)75-50-56-95-102-57-48-72-23-8-10-29-82(72)120(102)124(114(95)69-75)110-46-21-37-86-84(35-16-39-93(86)110)90-61-63-101-105-68-77(52-55-91(105)99-43-18-42-98(90)117(99)101)80-33-19-47-113-118(80)104-59-51-76(74-54-65-112-107(67-74)103-58-49-71-22-7-9-28-81(71)119(103)122(112)79-26-5-2-6-27-79)70-115(104)123(113)109-45-20-36-85-83(34-15-38-92(85)109)89-60-62-100-88-31-12-11-30-87(88)96-40-17-41-97(89)116(96)100/h1-70H. The maximum atomic E-state index is 2.58. The van der Waals surface area contributed by atoms with Gasteiger partial charge in [-0.2, -0.15) is 0 Å². The lowest BCUT2D eigenvalue weighted by Crippen LogP contribution is -1.97. The highest BCUT2D eigenvalue weighted by Crippen LogP contribution is 2.55. The molecule has 22 aromatic carbocycles. The number of rotatable bonds is 9. The number of fused-ring (bicyclic) bond motifs is 24. The smallest absolute Gasteiger partial charge is 0.0619 e. The molecule has 4 heteroatoms. The summed E-state index contributed by atoms with van der Waals surface area (Å²) in [6.07, 6.45) is 0. The van der Waals surface area contributed by atoms with Crippen LogP contribution in [0.5, 0.6) is 0 Å². The monoisotopic (exact) mass is 1570 g/mol. The van der Waals surface area contributed by atoms with Crippen molar-refractivity contribution in [1.82, 2.24) is 18.3 Å². The van der Waals surface area contributed by atoms with Crippen molar-refractivity contribution in [3.8, 4) is 123 Å². The molecule has 0 atom stereocenters.